The Morgan fingerprint density at radius 2 is 1.94 bits per heavy atom. The lowest BCUT2D eigenvalue weighted by atomic mass is 9.98. The van der Waals surface area contributed by atoms with Gasteiger partial charge in [-0.15, -0.1) is 0 Å². The molecule has 1 amide bonds. The Morgan fingerprint density at radius 3 is 2.39 bits per heavy atom. The maximum absolute atomic E-state index is 11.6. The van der Waals surface area contributed by atoms with E-state index in [9.17, 15) is 14.7 Å². The zero-order chi connectivity index (χ0) is 14.3. The van der Waals surface area contributed by atoms with Crippen LogP contribution in [0.4, 0.5) is 0 Å². The van der Waals surface area contributed by atoms with Gasteiger partial charge in [-0.2, -0.15) is 0 Å². The Morgan fingerprint density at radius 1 is 1.39 bits per heavy atom. The minimum Gasteiger partial charge on any atom is -0.382 e. The van der Waals surface area contributed by atoms with Crippen LogP contribution < -0.4 is 5.32 Å². The van der Waals surface area contributed by atoms with Crippen LogP contribution in [0.15, 0.2) is 0 Å². The van der Waals surface area contributed by atoms with Gasteiger partial charge in [0.25, 0.3) is 0 Å². The first-order valence-corrected chi connectivity index (χ1v) is 6.47. The number of ketones is 1. The molecule has 0 bridgehead atoms. The second kappa shape index (κ2) is 7.48. The summed E-state index contributed by atoms with van der Waals surface area (Å²) in [5, 5.41) is 12.2. The van der Waals surface area contributed by atoms with Crippen LogP contribution in [0.5, 0.6) is 0 Å². The maximum atomic E-state index is 11.6. The molecule has 0 aromatic rings. The fraction of sp³-hybridized carbons (Fsp3) is 0.846. The molecule has 5 nitrogen and oxygen atoms in total. The smallest absolute Gasteiger partial charge is 0.234 e. The van der Waals surface area contributed by atoms with Gasteiger partial charge in [0.1, 0.15) is 5.60 Å². The summed E-state index contributed by atoms with van der Waals surface area (Å²) < 4.78 is 0. The first kappa shape index (κ1) is 17.1. The maximum Gasteiger partial charge on any atom is 0.234 e. The summed E-state index contributed by atoms with van der Waals surface area (Å²) in [5.41, 5.74) is -1.35. The number of carbonyl (C=O) groups excluding carboxylic acids is 2. The quantitative estimate of drug-likeness (QED) is 0.667. The number of likely N-dealkylation sites (N-methyl/N-ethyl adjacent to an activating group) is 1. The van der Waals surface area contributed by atoms with E-state index in [0.29, 0.717) is 12.5 Å². The standard InChI is InChI=1S/C13H26N2O3/c1-6-10(3)15(5)9-12(17)14-8-11(16)13(4,18)7-2/h10,18H,6-9H2,1-5H3,(H,14,17). The molecule has 0 saturated carbocycles. The third-order valence-electron chi connectivity index (χ3n) is 3.47. The summed E-state index contributed by atoms with van der Waals surface area (Å²) in [6.07, 6.45) is 1.31. The number of carbonyl (C=O) groups is 2. The Kier molecular flexibility index (Phi) is 7.09. The Bertz CT molecular complexity index is 290. The van der Waals surface area contributed by atoms with Crippen LogP contribution in [0.3, 0.4) is 0 Å². The molecule has 0 aliphatic rings. The van der Waals surface area contributed by atoms with Crippen molar-refractivity contribution in [3.8, 4) is 0 Å². The molecule has 2 atom stereocenters. The molecule has 0 aliphatic heterocycles. The number of hydrogen-bond donors (Lipinski definition) is 2. The average molecular weight is 258 g/mol. The van der Waals surface area contributed by atoms with E-state index in [0.717, 1.165) is 6.42 Å². The van der Waals surface area contributed by atoms with Crippen molar-refractivity contribution in [3.63, 3.8) is 0 Å². The highest BCUT2D eigenvalue weighted by Crippen LogP contribution is 2.08. The van der Waals surface area contributed by atoms with Gasteiger partial charge in [0, 0.05) is 6.04 Å². The molecule has 18 heavy (non-hydrogen) atoms. The Balaban J connectivity index is 4.09. The first-order chi connectivity index (χ1) is 8.24. The van der Waals surface area contributed by atoms with Gasteiger partial charge >= 0.3 is 0 Å². The second-order valence-corrected chi connectivity index (χ2v) is 5.00. The number of amides is 1. The summed E-state index contributed by atoms with van der Waals surface area (Å²) >= 11 is 0. The Labute approximate surface area is 110 Å². The van der Waals surface area contributed by atoms with E-state index >= 15 is 0 Å². The number of hydrogen-bond acceptors (Lipinski definition) is 4. The molecule has 0 radical (unpaired) electrons. The average Bonchev–Trinajstić information content (AvgIpc) is 2.34. The van der Waals surface area contributed by atoms with Gasteiger partial charge < -0.3 is 10.4 Å². The summed E-state index contributed by atoms with van der Waals surface area (Å²) in [6, 6.07) is 0.324. The van der Waals surface area contributed by atoms with Gasteiger partial charge in [-0.05, 0) is 33.7 Å². The predicted octanol–water partition coefficient (Wildman–Crippen LogP) is 0.563. The minimum absolute atomic E-state index is 0.117. The first-order valence-electron chi connectivity index (χ1n) is 6.47. The second-order valence-electron chi connectivity index (χ2n) is 5.00. The lowest BCUT2D eigenvalue weighted by molar-refractivity contribution is -0.136. The summed E-state index contributed by atoms with van der Waals surface area (Å²) in [4.78, 5) is 25.1. The molecule has 0 aromatic heterocycles. The van der Waals surface area contributed by atoms with Crippen LogP contribution in [0, 0.1) is 0 Å². The van der Waals surface area contributed by atoms with Crippen molar-refractivity contribution in [2.45, 2.75) is 52.2 Å². The third kappa shape index (κ3) is 5.60. The largest absolute Gasteiger partial charge is 0.382 e. The molecule has 0 saturated heterocycles. The van der Waals surface area contributed by atoms with Crippen LogP contribution in [0.25, 0.3) is 0 Å². The number of aliphatic hydroxyl groups is 1. The summed E-state index contributed by atoms with van der Waals surface area (Å²) in [5.74, 6) is -0.553. The molecular formula is C13H26N2O3. The van der Waals surface area contributed by atoms with E-state index < -0.39 is 5.60 Å². The van der Waals surface area contributed by atoms with Gasteiger partial charge in [-0.1, -0.05) is 13.8 Å². The molecule has 2 unspecified atom stereocenters. The van der Waals surface area contributed by atoms with Gasteiger partial charge in [0.15, 0.2) is 5.78 Å². The topological polar surface area (TPSA) is 69.6 Å². The number of rotatable bonds is 8. The van der Waals surface area contributed by atoms with Crippen LogP contribution in [0.2, 0.25) is 0 Å². The highest BCUT2D eigenvalue weighted by atomic mass is 16.3. The van der Waals surface area contributed by atoms with Crippen LogP contribution >= 0.6 is 0 Å². The van der Waals surface area contributed by atoms with Gasteiger partial charge in [0.05, 0.1) is 13.1 Å². The molecule has 0 aliphatic carbocycles. The third-order valence-corrected chi connectivity index (χ3v) is 3.47. The van der Waals surface area contributed by atoms with Crippen LogP contribution in [0.1, 0.15) is 40.5 Å². The summed E-state index contributed by atoms with van der Waals surface area (Å²) in [7, 11) is 1.87. The molecule has 0 rings (SSSR count). The van der Waals surface area contributed by atoms with Crippen molar-refractivity contribution >= 4 is 11.7 Å². The fourth-order valence-corrected chi connectivity index (χ4v) is 1.32. The molecule has 5 heteroatoms. The predicted molar refractivity (Wildman–Crippen MR) is 71.3 cm³/mol. The van der Waals surface area contributed by atoms with E-state index in [1.165, 1.54) is 6.92 Å². The van der Waals surface area contributed by atoms with Crippen molar-refractivity contribution in [2.24, 2.45) is 0 Å². The van der Waals surface area contributed by atoms with Gasteiger partial charge in [0.2, 0.25) is 5.91 Å². The van der Waals surface area contributed by atoms with Crippen LogP contribution in [-0.2, 0) is 9.59 Å². The van der Waals surface area contributed by atoms with Crippen LogP contribution in [-0.4, -0.2) is 53.5 Å². The van der Waals surface area contributed by atoms with Crippen molar-refractivity contribution in [3.05, 3.63) is 0 Å². The fourth-order valence-electron chi connectivity index (χ4n) is 1.32. The van der Waals surface area contributed by atoms with E-state index in [1.807, 2.05) is 18.9 Å². The Hall–Kier alpha value is -0.940. The minimum atomic E-state index is -1.35. The van der Waals surface area contributed by atoms with E-state index in [-0.39, 0.29) is 24.8 Å². The van der Waals surface area contributed by atoms with E-state index in [2.05, 4.69) is 12.2 Å². The molecule has 0 fully saturated rings. The van der Waals surface area contributed by atoms with Gasteiger partial charge in [-0.3, -0.25) is 14.5 Å². The zero-order valence-corrected chi connectivity index (χ0v) is 12.1. The molecular weight excluding hydrogens is 232 g/mol. The molecule has 106 valence electrons. The molecule has 0 aromatic carbocycles. The van der Waals surface area contributed by atoms with E-state index in [1.54, 1.807) is 6.92 Å². The molecule has 2 N–H and O–H groups in total. The lowest BCUT2D eigenvalue weighted by Gasteiger charge is -2.23. The number of nitrogens with one attached hydrogen (secondary N) is 1. The van der Waals surface area contributed by atoms with Crippen molar-refractivity contribution in [1.82, 2.24) is 10.2 Å². The molecule has 0 heterocycles. The molecule has 0 spiro atoms. The monoisotopic (exact) mass is 258 g/mol. The highest BCUT2D eigenvalue weighted by molar-refractivity contribution is 5.91. The summed E-state index contributed by atoms with van der Waals surface area (Å²) in [6.45, 7) is 7.44. The van der Waals surface area contributed by atoms with Crippen molar-refractivity contribution in [2.75, 3.05) is 20.1 Å². The highest BCUT2D eigenvalue weighted by Gasteiger charge is 2.27. The van der Waals surface area contributed by atoms with Crippen molar-refractivity contribution < 1.29 is 14.7 Å². The number of Topliss-reactive ketones (excluding diaryl/α,β-unsaturated/α-hetero) is 1. The van der Waals surface area contributed by atoms with Crippen molar-refractivity contribution in [1.29, 1.82) is 0 Å². The normalized spacial score (nSPS) is 16.2. The lowest BCUT2D eigenvalue weighted by Crippen LogP contribution is -2.45. The number of nitrogens with zero attached hydrogens (tertiary/aromatic N) is 1. The van der Waals surface area contributed by atoms with E-state index in [4.69, 9.17) is 0 Å². The zero-order valence-electron chi connectivity index (χ0n) is 12.1. The SMILES string of the molecule is CCC(C)N(C)CC(=O)NCC(=O)C(C)(O)CC. The van der Waals surface area contributed by atoms with Gasteiger partial charge in [-0.25, -0.2) is 0 Å².